The first-order chi connectivity index (χ1) is 19.8. The summed E-state index contributed by atoms with van der Waals surface area (Å²) in [5.74, 6) is 0.283. The molecule has 210 valence electrons. The first kappa shape index (κ1) is 26.8. The minimum absolute atomic E-state index is 0.174. The molecule has 0 unspecified atom stereocenters. The lowest BCUT2D eigenvalue weighted by Crippen LogP contribution is -2.46. The van der Waals surface area contributed by atoms with Gasteiger partial charge in [0.15, 0.2) is 11.5 Å². The summed E-state index contributed by atoms with van der Waals surface area (Å²) in [6.07, 6.45) is 5.66. The summed E-state index contributed by atoms with van der Waals surface area (Å²) in [7, 11) is 0. The summed E-state index contributed by atoms with van der Waals surface area (Å²) in [6.45, 7) is 8.18. The number of hydrogen-bond acceptors (Lipinski definition) is 8. The lowest BCUT2D eigenvalue weighted by Gasteiger charge is -2.33. The Bertz CT molecular complexity index is 1760. The Morgan fingerprint density at radius 2 is 2.02 bits per heavy atom. The number of likely N-dealkylation sites (N-methyl/N-ethyl adjacent to an activating group) is 1. The van der Waals surface area contributed by atoms with Gasteiger partial charge in [-0.25, -0.2) is 19.0 Å². The van der Waals surface area contributed by atoms with E-state index in [1.54, 1.807) is 44.4 Å². The van der Waals surface area contributed by atoms with Crippen LogP contribution in [-0.4, -0.2) is 65.7 Å². The molecule has 0 amide bonds. The van der Waals surface area contributed by atoms with Crippen molar-refractivity contribution in [1.29, 1.82) is 5.26 Å². The van der Waals surface area contributed by atoms with Gasteiger partial charge in [0.25, 0.3) is 0 Å². The highest BCUT2D eigenvalue weighted by Crippen LogP contribution is 2.38. The summed E-state index contributed by atoms with van der Waals surface area (Å²) >= 11 is 0. The smallest absolute Gasteiger partial charge is 0.181 e. The van der Waals surface area contributed by atoms with Gasteiger partial charge in [-0.15, -0.1) is 5.10 Å². The Kier molecular flexibility index (Phi) is 6.89. The Morgan fingerprint density at radius 3 is 2.76 bits per heavy atom. The predicted octanol–water partition coefficient (Wildman–Crippen LogP) is 4.17. The minimum Gasteiger partial charge on any atom is -0.389 e. The third-order valence-corrected chi connectivity index (χ3v) is 7.42. The Balaban J connectivity index is 1.54. The fourth-order valence-electron chi connectivity index (χ4n) is 5.63. The number of fused-ring (bicyclic) bond motifs is 2. The number of halogens is 1. The number of nitriles is 1. The largest absolute Gasteiger partial charge is 0.389 e. The van der Waals surface area contributed by atoms with Crippen LogP contribution in [-0.2, 0) is 6.54 Å². The zero-order valence-corrected chi connectivity index (χ0v) is 23.3. The number of aromatic nitrogens is 6. The molecular weight excluding hydrogens is 521 g/mol. The molecule has 1 aliphatic rings. The molecule has 1 aliphatic heterocycles. The van der Waals surface area contributed by atoms with Crippen LogP contribution in [0.5, 0.6) is 0 Å². The van der Waals surface area contributed by atoms with Crippen molar-refractivity contribution in [3.05, 3.63) is 60.2 Å². The maximum absolute atomic E-state index is 16.1. The first-order valence-electron chi connectivity index (χ1n) is 13.9. The van der Waals surface area contributed by atoms with E-state index in [2.05, 4.69) is 33.5 Å². The maximum Gasteiger partial charge on any atom is 0.181 e. The number of nitrogens with zero attached hydrogens (tertiary/aromatic N) is 8. The topological polar surface area (TPSA) is 120 Å². The Morgan fingerprint density at radius 1 is 1.22 bits per heavy atom. The van der Waals surface area contributed by atoms with Gasteiger partial charge >= 0.3 is 0 Å². The van der Waals surface area contributed by atoms with E-state index < -0.39 is 11.4 Å². The second-order valence-corrected chi connectivity index (χ2v) is 11.2. The van der Waals surface area contributed by atoms with Crippen LogP contribution >= 0.6 is 0 Å². The molecule has 0 spiro atoms. The quantitative estimate of drug-likeness (QED) is 0.308. The van der Waals surface area contributed by atoms with Crippen molar-refractivity contribution >= 4 is 22.5 Å². The maximum atomic E-state index is 16.1. The van der Waals surface area contributed by atoms with Crippen molar-refractivity contribution in [2.45, 2.75) is 51.8 Å². The van der Waals surface area contributed by atoms with E-state index in [1.165, 1.54) is 10.7 Å². The molecule has 10 nitrogen and oxygen atoms in total. The summed E-state index contributed by atoms with van der Waals surface area (Å²) in [5.41, 5.74) is 3.32. The highest BCUT2D eigenvalue weighted by atomic mass is 19.1. The normalized spacial score (nSPS) is 16.0. The third kappa shape index (κ3) is 5.12. The van der Waals surface area contributed by atoms with Gasteiger partial charge in [-0.2, -0.15) is 5.26 Å². The van der Waals surface area contributed by atoms with Crippen LogP contribution in [0.15, 0.2) is 48.8 Å². The van der Waals surface area contributed by atoms with Gasteiger partial charge in [0, 0.05) is 48.7 Å². The van der Waals surface area contributed by atoms with E-state index in [1.807, 2.05) is 16.5 Å². The Labute approximate surface area is 237 Å². The van der Waals surface area contributed by atoms with Crippen LogP contribution in [0.1, 0.15) is 39.2 Å². The van der Waals surface area contributed by atoms with Crippen LogP contribution in [0.25, 0.3) is 39.2 Å². The number of rotatable bonds is 7. The van der Waals surface area contributed by atoms with E-state index in [0.29, 0.717) is 45.2 Å². The van der Waals surface area contributed by atoms with Gasteiger partial charge in [0.05, 0.1) is 40.7 Å². The molecule has 1 atom stereocenters. The van der Waals surface area contributed by atoms with Crippen molar-refractivity contribution in [3.63, 3.8) is 0 Å². The van der Waals surface area contributed by atoms with Crippen LogP contribution < -0.4 is 10.2 Å². The van der Waals surface area contributed by atoms with E-state index in [0.717, 1.165) is 43.9 Å². The molecule has 0 saturated carbocycles. The molecule has 41 heavy (non-hydrogen) atoms. The zero-order valence-electron chi connectivity index (χ0n) is 23.3. The first-order valence-corrected chi connectivity index (χ1v) is 13.9. The highest BCUT2D eigenvalue weighted by molar-refractivity contribution is 5.89. The van der Waals surface area contributed by atoms with E-state index in [-0.39, 0.29) is 6.54 Å². The van der Waals surface area contributed by atoms with E-state index in [4.69, 9.17) is 9.97 Å². The molecule has 0 bridgehead atoms. The zero-order chi connectivity index (χ0) is 28.7. The molecule has 6 rings (SSSR count). The average Bonchev–Trinajstić information content (AvgIpc) is 3.53. The van der Waals surface area contributed by atoms with Crippen molar-refractivity contribution in [1.82, 2.24) is 34.7 Å². The van der Waals surface area contributed by atoms with Gasteiger partial charge in [-0.1, -0.05) is 24.3 Å². The molecule has 0 radical (unpaired) electrons. The fraction of sp³-hybridized carbons (Fsp3) is 0.367. The van der Waals surface area contributed by atoms with Crippen LogP contribution in [0, 0.1) is 17.1 Å². The summed E-state index contributed by atoms with van der Waals surface area (Å²) in [4.78, 5) is 12.0. The molecule has 5 aromatic rings. The summed E-state index contributed by atoms with van der Waals surface area (Å²) < 4.78 is 19.5. The SMILES string of the molecule is CCN[C@@H]1CCCN(c2nccn3c(-c4cc5nnn(CC(C)(C)O)c5cc4F)c(-c4ccc(C#N)cc4)nc23)C1. The number of nitrogens with one attached hydrogen (secondary N) is 1. The molecule has 0 aliphatic carbocycles. The van der Waals surface area contributed by atoms with Gasteiger partial charge in [0.1, 0.15) is 11.3 Å². The van der Waals surface area contributed by atoms with Gasteiger partial charge in [-0.3, -0.25) is 4.40 Å². The van der Waals surface area contributed by atoms with Crippen LogP contribution in [0.2, 0.25) is 0 Å². The highest BCUT2D eigenvalue weighted by Gasteiger charge is 2.27. The molecule has 2 aromatic carbocycles. The summed E-state index contributed by atoms with van der Waals surface area (Å²) in [5, 5.41) is 31.6. The van der Waals surface area contributed by atoms with Crippen molar-refractivity contribution in [2.24, 2.45) is 0 Å². The predicted molar refractivity (Wildman–Crippen MR) is 155 cm³/mol. The van der Waals surface area contributed by atoms with Gasteiger partial charge < -0.3 is 15.3 Å². The lowest BCUT2D eigenvalue weighted by molar-refractivity contribution is 0.0585. The number of anilines is 1. The molecule has 1 saturated heterocycles. The second-order valence-electron chi connectivity index (χ2n) is 11.2. The van der Waals surface area contributed by atoms with Gasteiger partial charge in [-0.05, 0) is 51.4 Å². The van der Waals surface area contributed by atoms with Crippen molar-refractivity contribution in [3.8, 4) is 28.6 Å². The molecule has 4 heterocycles. The van der Waals surface area contributed by atoms with Crippen molar-refractivity contribution < 1.29 is 9.50 Å². The number of imidazole rings is 1. The molecule has 11 heteroatoms. The van der Waals surface area contributed by atoms with Crippen LogP contribution in [0.3, 0.4) is 0 Å². The average molecular weight is 554 g/mol. The van der Waals surface area contributed by atoms with Gasteiger partial charge in [0.2, 0.25) is 0 Å². The monoisotopic (exact) mass is 553 g/mol. The second kappa shape index (κ2) is 10.5. The Hall–Kier alpha value is -4.40. The van der Waals surface area contributed by atoms with Crippen molar-refractivity contribution in [2.75, 3.05) is 24.5 Å². The number of benzene rings is 2. The number of piperidine rings is 1. The molecule has 1 fully saturated rings. The third-order valence-electron chi connectivity index (χ3n) is 7.42. The number of hydrogen-bond donors (Lipinski definition) is 2. The minimum atomic E-state index is -1.04. The molecule has 2 N–H and O–H groups in total. The number of aliphatic hydroxyl groups is 1. The van der Waals surface area contributed by atoms with E-state index in [9.17, 15) is 10.4 Å². The molecular formula is C30H32FN9O. The lowest BCUT2D eigenvalue weighted by atomic mass is 10.0. The molecule has 3 aromatic heterocycles. The summed E-state index contributed by atoms with van der Waals surface area (Å²) in [6, 6.07) is 12.7. The van der Waals surface area contributed by atoms with Crippen LogP contribution in [0.4, 0.5) is 10.2 Å². The fourth-order valence-corrected chi connectivity index (χ4v) is 5.63. The standard InChI is InChI=1S/C30H32FN9O/c1-4-33-21-6-5-12-38(17-21)28-29-35-26(20-9-7-19(16-32)8-10-20)27(39(29)13-11-34-28)22-14-24-25(15-23(22)31)40(37-36-24)18-30(2,3)41/h7-11,13-15,21,33,41H,4-6,12,17-18H2,1-3H3/t21-/m1/s1. The van der Waals surface area contributed by atoms with E-state index >= 15 is 4.39 Å².